The predicted molar refractivity (Wildman–Crippen MR) is 76.4 cm³/mol. The summed E-state index contributed by atoms with van der Waals surface area (Å²) in [5.41, 5.74) is 1.69. The Bertz CT molecular complexity index is 524. The molecule has 1 aromatic carbocycles. The second kappa shape index (κ2) is 6.18. The number of hydrogen-bond acceptors (Lipinski definition) is 3. The van der Waals surface area contributed by atoms with E-state index in [1.165, 1.54) is 0 Å². The summed E-state index contributed by atoms with van der Waals surface area (Å²) >= 11 is 3.50. The molecule has 100 valence electrons. The summed E-state index contributed by atoms with van der Waals surface area (Å²) in [6.45, 7) is 4.28. The molecule has 1 aliphatic heterocycles. The molecule has 1 unspecified atom stereocenters. The van der Waals surface area contributed by atoms with E-state index in [9.17, 15) is 4.79 Å². The largest absolute Gasteiger partial charge is 0.355 e. The zero-order valence-electron chi connectivity index (χ0n) is 10.8. The number of nitrogens with one attached hydrogen (secondary N) is 1. The molecule has 1 aliphatic rings. The smallest absolute Gasteiger partial charge is 0.237 e. The van der Waals surface area contributed by atoms with E-state index >= 15 is 0 Å². The Morgan fingerprint density at radius 3 is 2.95 bits per heavy atom. The first-order valence-electron chi connectivity index (χ1n) is 6.36. The van der Waals surface area contributed by atoms with Crippen molar-refractivity contribution in [3.63, 3.8) is 0 Å². The van der Waals surface area contributed by atoms with Gasteiger partial charge in [-0.15, -0.1) is 0 Å². The van der Waals surface area contributed by atoms with Crippen LogP contribution >= 0.6 is 15.9 Å². The molecule has 2 rings (SSSR count). The Morgan fingerprint density at radius 1 is 1.58 bits per heavy atom. The zero-order chi connectivity index (χ0) is 13.8. The van der Waals surface area contributed by atoms with Crippen LogP contribution in [0.5, 0.6) is 0 Å². The Labute approximate surface area is 121 Å². The van der Waals surface area contributed by atoms with Crippen molar-refractivity contribution >= 4 is 21.8 Å². The van der Waals surface area contributed by atoms with E-state index in [2.05, 4.69) is 32.2 Å². The van der Waals surface area contributed by atoms with Crippen LogP contribution in [0, 0.1) is 11.3 Å². The van der Waals surface area contributed by atoms with Crippen molar-refractivity contribution < 1.29 is 4.79 Å². The van der Waals surface area contributed by atoms with Crippen LogP contribution in [-0.2, 0) is 11.3 Å². The lowest BCUT2D eigenvalue weighted by Gasteiger charge is -2.26. The van der Waals surface area contributed by atoms with Crippen LogP contribution in [0.25, 0.3) is 0 Å². The molecule has 1 atom stereocenters. The molecule has 1 N–H and O–H groups in total. The number of nitriles is 1. The molecule has 0 aliphatic carbocycles. The first-order chi connectivity index (χ1) is 9.15. The number of carbonyl (C=O) groups is 1. The van der Waals surface area contributed by atoms with Crippen molar-refractivity contribution in [2.24, 2.45) is 0 Å². The van der Waals surface area contributed by atoms with Gasteiger partial charge in [0.2, 0.25) is 5.91 Å². The molecule has 5 heteroatoms. The van der Waals surface area contributed by atoms with Crippen LogP contribution < -0.4 is 5.32 Å². The molecule has 1 heterocycles. The quantitative estimate of drug-likeness (QED) is 0.923. The van der Waals surface area contributed by atoms with Crippen LogP contribution in [-0.4, -0.2) is 29.9 Å². The first kappa shape index (κ1) is 14.0. The van der Waals surface area contributed by atoms with Gasteiger partial charge in [-0.2, -0.15) is 5.26 Å². The van der Waals surface area contributed by atoms with Crippen molar-refractivity contribution in [1.29, 1.82) is 5.26 Å². The molecule has 0 saturated carbocycles. The van der Waals surface area contributed by atoms with Gasteiger partial charge in [-0.25, -0.2) is 0 Å². The minimum atomic E-state index is -0.0531. The van der Waals surface area contributed by atoms with Crippen LogP contribution in [0.15, 0.2) is 22.7 Å². The van der Waals surface area contributed by atoms with Gasteiger partial charge >= 0.3 is 0 Å². The Hall–Kier alpha value is -1.38. The minimum absolute atomic E-state index is 0.0531. The topological polar surface area (TPSA) is 56.1 Å². The lowest BCUT2D eigenvalue weighted by Crippen LogP contribution is -2.40. The highest BCUT2D eigenvalue weighted by molar-refractivity contribution is 9.10. The molecule has 0 spiro atoms. The molecule has 0 aromatic heterocycles. The number of hydrogen-bond donors (Lipinski definition) is 1. The summed E-state index contributed by atoms with van der Waals surface area (Å²) < 4.78 is 0.975. The highest BCUT2D eigenvalue weighted by Crippen LogP contribution is 2.22. The fraction of sp³-hybridized carbons (Fsp3) is 0.429. The number of amides is 1. The van der Waals surface area contributed by atoms with Gasteiger partial charge in [0.1, 0.15) is 0 Å². The number of likely N-dealkylation sites (N-methyl/N-ethyl adjacent to an activating group) is 1. The standard InChI is InChI=1S/C14H16BrN3O/c1-2-18(13-5-6-17-14(13)19)9-11-7-10(8-16)3-4-12(11)15/h3-4,7,13H,2,5-6,9H2,1H3,(H,17,19). The molecular weight excluding hydrogens is 306 g/mol. The van der Waals surface area contributed by atoms with Crippen molar-refractivity contribution in [1.82, 2.24) is 10.2 Å². The lowest BCUT2D eigenvalue weighted by atomic mass is 10.1. The summed E-state index contributed by atoms with van der Waals surface area (Å²) in [5.74, 6) is 0.106. The van der Waals surface area contributed by atoms with Crippen LogP contribution in [0.1, 0.15) is 24.5 Å². The van der Waals surface area contributed by atoms with Gasteiger partial charge in [0.25, 0.3) is 0 Å². The molecule has 1 aromatic rings. The Balaban J connectivity index is 2.18. The van der Waals surface area contributed by atoms with Gasteiger partial charge in [0.15, 0.2) is 0 Å². The summed E-state index contributed by atoms with van der Waals surface area (Å²) in [6, 6.07) is 7.64. The molecule has 4 nitrogen and oxygen atoms in total. The number of halogens is 1. The Morgan fingerprint density at radius 2 is 2.37 bits per heavy atom. The number of benzene rings is 1. The van der Waals surface area contributed by atoms with Gasteiger partial charge in [-0.3, -0.25) is 9.69 Å². The van der Waals surface area contributed by atoms with Crippen molar-refractivity contribution in [3.8, 4) is 6.07 Å². The van der Waals surface area contributed by atoms with Crippen LogP contribution in [0.2, 0.25) is 0 Å². The monoisotopic (exact) mass is 321 g/mol. The fourth-order valence-electron chi connectivity index (χ4n) is 2.36. The maximum atomic E-state index is 11.8. The van der Waals surface area contributed by atoms with E-state index in [0.717, 1.165) is 29.5 Å². The van der Waals surface area contributed by atoms with Crippen LogP contribution in [0.3, 0.4) is 0 Å². The summed E-state index contributed by atoms with van der Waals surface area (Å²) in [4.78, 5) is 13.9. The van der Waals surface area contributed by atoms with E-state index in [1.807, 2.05) is 19.1 Å². The van der Waals surface area contributed by atoms with E-state index < -0.39 is 0 Å². The average Bonchev–Trinajstić information content (AvgIpc) is 2.84. The van der Waals surface area contributed by atoms with Crippen molar-refractivity contribution in [2.45, 2.75) is 25.9 Å². The van der Waals surface area contributed by atoms with E-state index in [-0.39, 0.29) is 11.9 Å². The third-order valence-corrected chi connectivity index (χ3v) is 4.19. The van der Waals surface area contributed by atoms with E-state index in [0.29, 0.717) is 12.1 Å². The van der Waals surface area contributed by atoms with Crippen LogP contribution in [0.4, 0.5) is 0 Å². The summed E-state index contributed by atoms with van der Waals surface area (Å²) in [6.07, 6.45) is 0.849. The first-order valence-corrected chi connectivity index (χ1v) is 7.15. The second-order valence-corrected chi connectivity index (χ2v) is 5.43. The highest BCUT2D eigenvalue weighted by atomic mass is 79.9. The third-order valence-electron chi connectivity index (χ3n) is 3.41. The molecule has 1 saturated heterocycles. The van der Waals surface area contributed by atoms with Gasteiger partial charge in [-0.1, -0.05) is 22.9 Å². The maximum Gasteiger partial charge on any atom is 0.237 e. The normalized spacial score (nSPS) is 18.4. The average molecular weight is 322 g/mol. The molecule has 1 amide bonds. The summed E-state index contributed by atoms with van der Waals surface area (Å²) in [5, 5.41) is 11.8. The summed E-state index contributed by atoms with van der Waals surface area (Å²) in [7, 11) is 0. The fourth-order valence-corrected chi connectivity index (χ4v) is 2.73. The highest BCUT2D eigenvalue weighted by Gasteiger charge is 2.29. The Kier molecular flexibility index (Phi) is 4.56. The molecule has 0 bridgehead atoms. The molecule has 0 radical (unpaired) electrons. The predicted octanol–water partition coefficient (Wildman–Crippen LogP) is 2.03. The van der Waals surface area contributed by atoms with Gasteiger partial charge < -0.3 is 5.32 Å². The SMILES string of the molecule is CCN(Cc1cc(C#N)ccc1Br)C1CCNC1=O. The number of carbonyl (C=O) groups excluding carboxylic acids is 1. The van der Waals surface area contributed by atoms with E-state index in [1.54, 1.807) is 6.07 Å². The zero-order valence-corrected chi connectivity index (χ0v) is 12.4. The van der Waals surface area contributed by atoms with E-state index in [4.69, 9.17) is 5.26 Å². The molecule has 19 heavy (non-hydrogen) atoms. The number of rotatable bonds is 4. The van der Waals surface area contributed by atoms with Gasteiger partial charge in [0.05, 0.1) is 17.7 Å². The van der Waals surface area contributed by atoms with Gasteiger partial charge in [-0.05, 0) is 36.7 Å². The third kappa shape index (κ3) is 3.14. The second-order valence-electron chi connectivity index (χ2n) is 4.58. The molecule has 1 fully saturated rings. The number of nitrogens with zero attached hydrogens (tertiary/aromatic N) is 2. The van der Waals surface area contributed by atoms with Crippen molar-refractivity contribution in [3.05, 3.63) is 33.8 Å². The van der Waals surface area contributed by atoms with Gasteiger partial charge in [0, 0.05) is 17.6 Å². The maximum absolute atomic E-state index is 11.8. The molecular formula is C14H16BrN3O. The van der Waals surface area contributed by atoms with Crippen molar-refractivity contribution in [2.75, 3.05) is 13.1 Å². The minimum Gasteiger partial charge on any atom is -0.355 e. The lowest BCUT2D eigenvalue weighted by molar-refractivity contribution is -0.123.